The number of nitrogens with one attached hydrogen (secondary N) is 1. The number of nitrogens with zero attached hydrogens (tertiary/aromatic N) is 3. The summed E-state index contributed by atoms with van der Waals surface area (Å²) in [4.78, 5) is 24.0. The summed E-state index contributed by atoms with van der Waals surface area (Å²) in [5.41, 5.74) is 5.15. The highest BCUT2D eigenvalue weighted by atomic mass is 16.5. The molecule has 0 atom stereocenters. The highest BCUT2D eigenvalue weighted by molar-refractivity contribution is 6.11. The number of hydrogen-bond donors (Lipinski definition) is 1. The Morgan fingerprint density at radius 2 is 1.83 bits per heavy atom. The molecule has 1 aromatic heterocycles. The minimum absolute atomic E-state index is 0.0730. The smallest absolute Gasteiger partial charge is 0.237 e. The maximum Gasteiger partial charge on any atom is 0.237 e. The lowest BCUT2D eigenvalue weighted by Gasteiger charge is -2.20. The van der Waals surface area contributed by atoms with E-state index >= 15 is 0 Å². The van der Waals surface area contributed by atoms with E-state index in [2.05, 4.69) is 4.98 Å². The Kier molecular flexibility index (Phi) is 4.94. The van der Waals surface area contributed by atoms with Crippen LogP contribution in [0.15, 0.2) is 48.5 Å². The zero-order valence-electron chi connectivity index (χ0n) is 16.7. The van der Waals surface area contributed by atoms with Crippen LogP contribution in [-0.4, -0.2) is 35.3 Å². The number of anilines is 2. The van der Waals surface area contributed by atoms with E-state index in [1.807, 2.05) is 62.4 Å². The fourth-order valence-electron chi connectivity index (χ4n) is 3.53. The molecule has 2 heterocycles. The molecule has 2 aromatic carbocycles. The maximum atomic E-state index is 13.0. The third-order valence-corrected chi connectivity index (χ3v) is 5.02. The number of hydrogen-bond acceptors (Lipinski definition) is 5. The lowest BCUT2D eigenvalue weighted by Crippen LogP contribution is -2.22. The molecule has 4 rings (SSSR count). The van der Waals surface area contributed by atoms with Crippen LogP contribution in [0.1, 0.15) is 22.4 Å². The van der Waals surface area contributed by atoms with Crippen LogP contribution in [0.4, 0.5) is 11.5 Å². The summed E-state index contributed by atoms with van der Waals surface area (Å²) >= 11 is 0. The molecule has 1 aliphatic rings. The summed E-state index contributed by atoms with van der Waals surface area (Å²) < 4.78 is 5.15. The molecule has 1 amide bonds. The number of aryl methyl sites for hydroxylation is 2. The topological polar surface area (TPSA) is 79.2 Å². The van der Waals surface area contributed by atoms with Crippen molar-refractivity contribution in [3.05, 3.63) is 70.9 Å². The average Bonchev–Trinajstić information content (AvgIpc) is 3.04. The molecule has 0 spiro atoms. The number of amides is 1. The summed E-state index contributed by atoms with van der Waals surface area (Å²) in [7, 11) is 1.54. The molecule has 6 heteroatoms. The van der Waals surface area contributed by atoms with Crippen LogP contribution in [0.25, 0.3) is 11.4 Å². The summed E-state index contributed by atoms with van der Waals surface area (Å²) in [5, 5.41) is 8.43. The minimum Gasteiger partial charge on any atom is -0.378 e. The van der Waals surface area contributed by atoms with Crippen LogP contribution in [-0.2, 0) is 16.0 Å². The first-order valence-electron chi connectivity index (χ1n) is 9.43. The van der Waals surface area contributed by atoms with Gasteiger partial charge in [0.25, 0.3) is 0 Å². The largest absolute Gasteiger partial charge is 0.378 e. The molecule has 0 unspecified atom stereocenters. The van der Waals surface area contributed by atoms with Crippen molar-refractivity contribution in [3.8, 4) is 11.4 Å². The monoisotopic (exact) mass is 386 g/mol. The Morgan fingerprint density at radius 1 is 1.10 bits per heavy atom. The fourth-order valence-corrected chi connectivity index (χ4v) is 3.53. The van der Waals surface area contributed by atoms with Crippen molar-refractivity contribution in [3.63, 3.8) is 0 Å². The van der Waals surface area contributed by atoms with Crippen molar-refractivity contribution < 1.29 is 9.53 Å². The molecular formula is C23H22N4O2. The fraction of sp³-hybridized carbons (Fsp3) is 0.217. The molecule has 29 heavy (non-hydrogen) atoms. The van der Waals surface area contributed by atoms with Crippen molar-refractivity contribution in [2.24, 2.45) is 0 Å². The van der Waals surface area contributed by atoms with Gasteiger partial charge in [-0.1, -0.05) is 48.0 Å². The number of rotatable bonds is 5. The van der Waals surface area contributed by atoms with Gasteiger partial charge in [-0.2, -0.15) is 0 Å². The van der Waals surface area contributed by atoms with Crippen LogP contribution in [0.5, 0.6) is 0 Å². The lowest BCUT2D eigenvalue weighted by molar-refractivity contribution is -0.116. The van der Waals surface area contributed by atoms with Gasteiger partial charge in [-0.3, -0.25) is 9.69 Å². The van der Waals surface area contributed by atoms with Gasteiger partial charge in [0.2, 0.25) is 5.91 Å². The van der Waals surface area contributed by atoms with Crippen molar-refractivity contribution in [2.45, 2.75) is 20.3 Å². The van der Waals surface area contributed by atoms with E-state index in [0.29, 0.717) is 22.9 Å². The zero-order valence-corrected chi connectivity index (χ0v) is 16.7. The molecule has 1 aliphatic heterocycles. The van der Waals surface area contributed by atoms with Crippen LogP contribution in [0.3, 0.4) is 0 Å². The van der Waals surface area contributed by atoms with Gasteiger partial charge in [-0.05, 0) is 25.5 Å². The summed E-state index contributed by atoms with van der Waals surface area (Å²) in [6, 6.07) is 15.6. The van der Waals surface area contributed by atoms with Crippen molar-refractivity contribution in [1.29, 1.82) is 5.41 Å². The van der Waals surface area contributed by atoms with E-state index in [9.17, 15) is 4.79 Å². The molecular weight excluding hydrogens is 364 g/mol. The first-order valence-corrected chi connectivity index (χ1v) is 9.43. The second-order valence-corrected chi connectivity index (χ2v) is 7.17. The second-order valence-electron chi connectivity index (χ2n) is 7.17. The number of fused-ring (bicyclic) bond motifs is 1. The van der Waals surface area contributed by atoms with E-state index in [4.69, 9.17) is 15.1 Å². The summed E-state index contributed by atoms with van der Waals surface area (Å²) in [5.74, 6) is 0.967. The van der Waals surface area contributed by atoms with E-state index in [1.54, 1.807) is 12.0 Å². The predicted octanol–water partition coefficient (Wildman–Crippen LogP) is 4.00. The van der Waals surface area contributed by atoms with Crippen molar-refractivity contribution >= 4 is 23.1 Å². The van der Waals surface area contributed by atoms with E-state index in [1.165, 1.54) is 0 Å². The molecule has 0 saturated heterocycles. The molecule has 0 bridgehead atoms. The minimum atomic E-state index is -0.0730. The van der Waals surface area contributed by atoms with Crippen LogP contribution < -0.4 is 4.90 Å². The molecule has 0 radical (unpaired) electrons. The van der Waals surface area contributed by atoms with Gasteiger partial charge in [0.05, 0.1) is 30.1 Å². The van der Waals surface area contributed by atoms with Gasteiger partial charge in [-0.15, -0.1) is 0 Å². The SMILES string of the molecule is COCC(=N)c1nc(-c2ccc(C)cc2)nc2c1CC(=O)N2c1ccccc1C. The molecule has 0 aliphatic carbocycles. The third-order valence-electron chi connectivity index (χ3n) is 5.02. The Balaban J connectivity index is 1.93. The van der Waals surface area contributed by atoms with Gasteiger partial charge in [-0.25, -0.2) is 9.97 Å². The molecule has 0 fully saturated rings. The number of carbonyl (C=O) groups is 1. The summed E-state index contributed by atoms with van der Waals surface area (Å²) in [6.45, 7) is 4.11. The number of ether oxygens (including phenoxy) is 1. The number of aromatic nitrogens is 2. The van der Waals surface area contributed by atoms with E-state index in [-0.39, 0.29) is 24.6 Å². The number of carbonyl (C=O) groups excluding carboxylic acids is 1. The van der Waals surface area contributed by atoms with Gasteiger partial charge >= 0.3 is 0 Å². The van der Waals surface area contributed by atoms with Gasteiger partial charge in [0.1, 0.15) is 5.82 Å². The number of para-hydroxylation sites is 1. The second kappa shape index (κ2) is 7.56. The highest BCUT2D eigenvalue weighted by Crippen LogP contribution is 2.38. The van der Waals surface area contributed by atoms with Gasteiger partial charge < -0.3 is 10.1 Å². The van der Waals surface area contributed by atoms with E-state index in [0.717, 1.165) is 22.4 Å². The Morgan fingerprint density at radius 3 is 2.52 bits per heavy atom. The molecule has 1 N–H and O–H groups in total. The number of benzene rings is 2. The summed E-state index contributed by atoms with van der Waals surface area (Å²) in [6.07, 6.45) is 0.166. The van der Waals surface area contributed by atoms with Crippen LogP contribution in [0, 0.1) is 19.3 Å². The average molecular weight is 386 g/mol. The first-order chi connectivity index (χ1) is 14.0. The Bertz CT molecular complexity index is 1110. The predicted molar refractivity (Wildman–Crippen MR) is 113 cm³/mol. The first kappa shape index (κ1) is 19.0. The normalized spacial score (nSPS) is 12.9. The standard InChI is InChI=1S/C23H22N4O2/c1-14-8-10-16(11-9-14)22-25-21(18(24)13-29-3)17-12-20(28)27(23(17)26-22)19-7-5-4-6-15(19)2/h4-11,24H,12-13H2,1-3H3. The maximum absolute atomic E-state index is 13.0. The lowest BCUT2D eigenvalue weighted by atomic mass is 10.1. The molecule has 0 saturated carbocycles. The van der Waals surface area contributed by atoms with E-state index < -0.39 is 0 Å². The number of methoxy groups -OCH3 is 1. The van der Waals surface area contributed by atoms with Gasteiger partial charge in [0.15, 0.2) is 5.82 Å². The molecule has 6 nitrogen and oxygen atoms in total. The third kappa shape index (κ3) is 3.43. The van der Waals surface area contributed by atoms with Crippen molar-refractivity contribution in [2.75, 3.05) is 18.6 Å². The Labute approximate surface area is 169 Å². The molecule has 3 aromatic rings. The highest BCUT2D eigenvalue weighted by Gasteiger charge is 2.35. The van der Waals surface area contributed by atoms with Crippen molar-refractivity contribution in [1.82, 2.24) is 9.97 Å². The Hall–Kier alpha value is -3.38. The van der Waals surface area contributed by atoms with Gasteiger partial charge in [0, 0.05) is 18.2 Å². The molecule has 146 valence electrons. The van der Waals surface area contributed by atoms with Crippen LogP contribution in [0.2, 0.25) is 0 Å². The zero-order chi connectivity index (χ0) is 20.5. The quantitative estimate of drug-likeness (QED) is 0.672. The van der Waals surface area contributed by atoms with Crippen LogP contribution >= 0.6 is 0 Å².